The summed E-state index contributed by atoms with van der Waals surface area (Å²) in [6.07, 6.45) is 6.50. The number of ether oxygens (including phenoxy) is 1. The molecule has 8 nitrogen and oxygen atoms in total. The van der Waals surface area contributed by atoms with E-state index in [0.29, 0.717) is 29.3 Å². The van der Waals surface area contributed by atoms with Gasteiger partial charge in [0.15, 0.2) is 24.0 Å². The molecule has 2 aromatic rings. The Morgan fingerprint density at radius 2 is 2.03 bits per heavy atom. The lowest BCUT2D eigenvalue weighted by molar-refractivity contribution is -0.939. The van der Waals surface area contributed by atoms with Crippen LogP contribution in [0, 0.1) is 5.92 Å². The number of esters is 1. The Hall–Kier alpha value is -1.53. The van der Waals surface area contributed by atoms with Crippen LogP contribution in [-0.4, -0.2) is 88.1 Å². The summed E-state index contributed by atoms with van der Waals surface area (Å²) in [6.45, 7) is 6.73. The van der Waals surface area contributed by atoms with Crippen LogP contribution in [0.3, 0.4) is 0 Å². The summed E-state index contributed by atoms with van der Waals surface area (Å²) >= 11 is 3.56. The molecule has 190 valence electrons. The number of carbonyl (C=O) groups excluding carboxylic acids is 2. The zero-order valence-electron chi connectivity index (χ0n) is 19.9. The van der Waals surface area contributed by atoms with E-state index in [2.05, 4.69) is 26.3 Å². The Morgan fingerprint density at radius 1 is 1.26 bits per heavy atom. The first-order chi connectivity index (χ1) is 16.5. The van der Waals surface area contributed by atoms with Gasteiger partial charge < -0.3 is 31.5 Å². The molecule has 4 fully saturated rings. The highest BCUT2D eigenvalue weighted by molar-refractivity contribution is 7.99. The fourth-order valence-corrected chi connectivity index (χ4v) is 7.44. The van der Waals surface area contributed by atoms with E-state index < -0.39 is 5.54 Å². The molecule has 4 aliphatic heterocycles. The number of carbonyl (C=O) groups is 2. The average Bonchev–Trinajstić information content (AvgIpc) is 3.40. The van der Waals surface area contributed by atoms with Gasteiger partial charge >= 0.3 is 5.97 Å². The number of halogens is 1. The Morgan fingerprint density at radius 3 is 2.69 bits per heavy atom. The number of rotatable bonds is 7. The van der Waals surface area contributed by atoms with Crippen LogP contribution in [0.25, 0.3) is 0 Å². The highest BCUT2D eigenvalue weighted by atomic mass is 79.9. The lowest BCUT2D eigenvalue weighted by Crippen LogP contribution is -3.00. The maximum atomic E-state index is 13.8. The van der Waals surface area contributed by atoms with Crippen molar-refractivity contribution in [3.8, 4) is 0 Å². The van der Waals surface area contributed by atoms with Gasteiger partial charge in [0.05, 0.1) is 19.3 Å². The summed E-state index contributed by atoms with van der Waals surface area (Å²) in [5, 5.41) is 4.90. The van der Waals surface area contributed by atoms with E-state index in [1.54, 1.807) is 29.9 Å². The molecule has 0 saturated carbocycles. The number of amides is 1. The molecular weight excluding hydrogens is 550 g/mol. The van der Waals surface area contributed by atoms with Crippen LogP contribution in [0.5, 0.6) is 0 Å². The highest BCUT2D eigenvalue weighted by Crippen LogP contribution is 2.39. The van der Waals surface area contributed by atoms with Crippen molar-refractivity contribution < 1.29 is 35.8 Å². The Balaban J connectivity index is 0.00000289. The molecule has 0 radical (unpaired) electrons. The maximum Gasteiger partial charge on any atom is 0.332 e. The largest absolute Gasteiger partial charge is 1.00 e. The molecule has 0 aromatic carbocycles. The molecule has 0 spiro atoms. The number of nitrogens with one attached hydrogen (secondary N) is 1. The second-order valence-electron chi connectivity index (χ2n) is 9.70. The van der Waals surface area contributed by atoms with Gasteiger partial charge in [-0.1, -0.05) is 6.07 Å². The highest BCUT2D eigenvalue weighted by Gasteiger charge is 2.51. The molecule has 1 unspecified atom stereocenters. The van der Waals surface area contributed by atoms with Crippen LogP contribution >= 0.6 is 23.1 Å². The van der Waals surface area contributed by atoms with E-state index in [4.69, 9.17) is 4.74 Å². The van der Waals surface area contributed by atoms with E-state index in [0.717, 1.165) is 55.4 Å². The SMILES string of the molecule is CC(C(=O)O[C@H]1C[N+]2(CC(=O)Nc3cnccn3)CCC1CC2)(c1cccs1)N1CCSCC1.[Br-]. The number of thiophene rings is 1. The van der Waals surface area contributed by atoms with Gasteiger partial charge in [-0.2, -0.15) is 11.8 Å². The third kappa shape index (κ3) is 5.58. The predicted molar refractivity (Wildman–Crippen MR) is 134 cm³/mol. The Labute approximate surface area is 225 Å². The minimum absolute atomic E-state index is 0. The first-order valence-corrected chi connectivity index (χ1v) is 14.0. The Kier molecular flexibility index (Phi) is 8.53. The van der Waals surface area contributed by atoms with Crippen LogP contribution in [0.15, 0.2) is 36.1 Å². The predicted octanol–water partition coefficient (Wildman–Crippen LogP) is -0.403. The number of fused-ring (bicyclic) bond motifs is 3. The second kappa shape index (κ2) is 11.2. The Bertz CT molecular complexity index is 998. The van der Waals surface area contributed by atoms with Crippen molar-refractivity contribution in [3.63, 3.8) is 0 Å². The quantitative estimate of drug-likeness (QED) is 0.352. The number of nitrogens with zero attached hydrogens (tertiary/aromatic N) is 4. The lowest BCUT2D eigenvalue weighted by atomic mass is 9.83. The fourth-order valence-electron chi connectivity index (χ4n) is 5.63. The molecule has 4 aliphatic rings. The number of thioether (sulfide) groups is 1. The first kappa shape index (κ1) is 26.5. The van der Waals surface area contributed by atoms with E-state index in [-0.39, 0.29) is 35.0 Å². The second-order valence-corrected chi connectivity index (χ2v) is 11.9. The van der Waals surface area contributed by atoms with Crippen molar-refractivity contribution in [3.05, 3.63) is 41.0 Å². The van der Waals surface area contributed by atoms with Crippen LogP contribution < -0.4 is 22.3 Å². The number of piperidine rings is 3. The minimum atomic E-state index is -0.768. The molecule has 6 rings (SSSR count). The summed E-state index contributed by atoms with van der Waals surface area (Å²) < 4.78 is 7.01. The molecule has 1 N–H and O–H groups in total. The summed E-state index contributed by atoms with van der Waals surface area (Å²) in [7, 11) is 0. The minimum Gasteiger partial charge on any atom is -1.00 e. The van der Waals surface area contributed by atoms with Crippen LogP contribution in [-0.2, 0) is 19.9 Å². The van der Waals surface area contributed by atoms with Crippen LogP contribution in [0.1, 0.15) is 24.6 Å². The topological polar surface area (TPSA) is 84.4 Å². The molecule has 35 heavy (non-hydrogen) atoms. The maximum absolute atomic E-state index is 13.8. The lowest BCUT2D eigenvalue weighted by Gasteiger charge is -2.52. The molecule has 1 amide bonds. The normalized spacial score (nSPS) is 27.9. The number of hydrogen-bond acceptors (Lipinski definition) is 8. The molecule has 6 heterocycles. The van der Waals surface area contributed by atoms with Gasteiger partial charge in [-0.25, -0.2) is 9.78 Å². The molecule has 0 aliphatic carbocycles. The summed E-state index contributed by atoms with van der Waals surface area (Å²) in [5.74, 6) is 2.67. The first-order valence-electron chi connectivity index (χ1n) is 12.0. The molecule has 2 bridgehead atoms. The monoisotopic (exact) mass is 581 g/mol. The number of anilines is 1. The van der Waals surface area contributed by atoms with Gasteiger partial charge in [-0.05, 0) is 18.4 Å². The van der Waals surface area contributed by atoms with Gasteiger partial charge in [0.1, 0.15) is 6.54 Å². The zero-order valence-corrected chi connectivity index (χ0v) is 23.1. The van der Waals surface area contributed by atoms with Crippen LogP contribution in [0.4, 0.5) is 5.82 Å². The number of aromatic nitrogens is 2. The van der Waals surface area contributed by atoms with Crippen molar-refractivity contribution >= 4 is 40.8 Å². The molecule has 2 atom stereocenters. The van der Waals surface area contributed by atoms with E-state index in [9.17, 15) is 9.59 Å². The zero-order chi connectivity index (χ0) is 23.6. The third-order valence-corrected chi connectivity index (χ3v) is 9.67. The van der Waals surface area contributed by atoms with Gasteiger partial charge in [-0.3, -0.25) is 14.7 Å². The van der Waals surface area contributed by atoms with E-state index in [1.165, 1.54) is 0 Å². The molecule has 2 aromatic heterocycles. The summed E-state index contributed by atoms with van der Waals surface area (Å²) in [5.41, 5.74) is -0.768. The van der Waals surface area contributed by atoms with Crippen LogP contribution in [0.2, 0.25) is 0 Å². The van der Waals surface area contributed by atoms with Crippen molar-refractivity contribution in [2.75, 3.05) is 56.1 Å². The van der Waals surface area contributed by atoms with E-state index in [1.807, 2.05) is 30.1 Å². The van der Waals surface area contributed by atoms with Gasteiger partial charge in [0.2, 0.25) is 0 Å². The standard InChI is InChI=1S/C24H31N5O3S2.BrH/c1-24(20-3-2-12-34-20,28-8-13-33-14-9-28)23(31)32-19-16-29(10-4-18(19)5-11-29)17-22(30)27-21-15-25-6-7-26-21;/h2-3,6-7,12,15,18-19H,4-5,8-11,13-14,16-17H2,1H3;1H/t18?,19-,24?,29?;/m0./s1. The molecule has 11 heteroatoms. The van der Waals surface area contributed by atoms with Gasteiger partial charge in [-0.15, -0.1) is 11.3 Å². The number of quaternary nitrogens is 1. The van der Waals surface area contributed by atoms with Crippen molar-refractivity contribution in [2.24, 2.45) is 5.92 Å². The van der Waals surface area contributed by atoms with Crippen molar-refractivity contribution in [1.82, 2.24) is 14.9 Å². The van der Waals surface area contributed by atoms with Gasteiger partial charge in [0.25, 0.3) is 5.91 Å². The van der Waals surface area contributed by atoms with Gasteiger partial charge in [0, 0.05) is 60.6 Å². The molecular formula is C24H32BrN5O3S2. The third-order valence-electron chi connectivity index (χ3n) is 7.65. The number of hydrogen-bond donors (Lipinski definition) is 1. The smallest absolute Gasteiger partial charge is 0.332 e. The fraction of sp³-hybridized carbons (Fsp3) is 0.583. The average molecular weight is 583 g/mol. The van der Waals surface area contributed by atoms with Crippen molar-refractivity contribution in [2.45, 2.75) is 31.4 Å². The summed E-state index contributed by atoms with van der Waals surface area (Å²) in [6, 6.07) is 4.06. The molecule has 4 saturated heterocycles. The van der Waals surface area contributed by atoms with E-state index >= 15 is 0 Å². The summed E-state index contributed by atoms with van der Waals surface area (Å²) in [4.78, 5) is 38.1. The van der Waals surface area contributed by atoms with Crippen molar-refractivity contribution in [1.29, 1.82) is 0 Å².